The third-order valence-electron chi connectivity index (χ3n) is 6.51. The van der Waals surface area contributed by atoms with Crippen LogP contribution in [0.2, 0.25) is 0 Å². The highest BCUT2D eigenvalue weighted by atomic mass is 16.5. The molecule has 0 bridgehead atoms. The van der Waals surface area contributed by atoms with Gasteiger partial charge in [-0.3, -0.25) is 9.59 Å². The van der Waals surface area contributed by atoms with Gasteiger partial charge in [-0.15, -0.1) is 0 Å². The summed E-state index contributed by atoms with van der Waals surface area (Å²) in [5.41, 5.74) is 1.98. The minimum absolute atomic E-state index is 0.0316. The van der Waals surface area contributed by atoms with Crippen molar-refractivity contribution in [3.63, 3.8) is 0 Å². The van der Waals surface area contributed by atoms with Crippen molar-refractivity contribution >= 4 is 11.8 Å². The maximum absolute atomic E-state index is 12.9. The highest BCUT2D eigenvalue weighted by Crippen LogP contribution is 2.43. The first kappa shape index (κ1) is 19.9. The molecule has 0 radical (unpaired) electrons. The van der Waals surface area contributed by atoms with Crippen molar-refractivity contribution in [1.82, 2.24) is 9.80 Å². The molecule has 1 aliphatic carbocycles. The molecule has 3 fully saturated rings. The number of ether oxygens (including phenoxy) is 1. The molecule has 0 unspecified atom stereocenters. The Kier molecular flexibility index (Phi) is 5.89. The molecule has 0 spiro atoms. The van der Waals surface area contributed by atoms with Gasteiger partial charge in [0, 0.05) is 31.1 Å². The Morgan fingerprint density at radius 2 is 1.97 bits per heavy atom. The third kappa shape index (κ3) is 3.77. The van der Waals surface area contributed by atoms with E-state index in [9.17, 15) is 14.7 Å². The molecule has 1 saturated carbocycles. The predicted octanol–water partition coefficient (Wildman–Crippen LogP) is 1.37. The second-order valence-electron chi connectivity index (χ2n) is 8.20. The Balaban J connectivity index is 1.50. The Hall–Kier alpha value is -2.36. The van der Waals surface area contributed by atoms with Crippen LogP contribution < -0.4 is 0 Å². The number of rotatable bonds is 4. The van der Waals surface area contributed by atoms with Crippen LogP contribution in [0.25, 0.3) is 0 Å². The summed E-state index contributed by atoms with van der Waals surface area (Å²) in [6.07, 6.45) is 4.07. The molecular weight excluding hydrogens is 368 g/mol. The van der Waals surface area contributed by atoms with E-state index in [0.29, 0.717) is 13.2 Å². The van der Waals surface area contributed by atoms with Crippen molar-refractivity contribution < 1.29 is 19.4 Å². The number of nitrogens with zero attached hydrogens (tertiary/aromatic N) is 2. The summed E-state index contributed by atoms with van der Waals surface area (Å²) < 4.78 is 4.95. The zero-order chi connectivity index (χ0) is 20.4. The molecule has 2 amide bonds. The van der Waals surface area contributed by atoms with Gasteiger partial charge in [-0.2, -0.15) is 0 Å². The molecule has 1 aromatic carbocycles. The minimum Gasteiger partial charge on any atom is -0.394 e. The molecular formula is C23H28N2O4. The van der Waals surface area contributed by atoms with Gasteiger partial charge in [0.25, 0.3) is 0 Å². The van der Waals surface area contributed by atoms with Crippen molar-refractivity contribution in [1.29, 1.82) is 0 Å². The average Bonchev–Trinajstić information content (AvgIpc) is 3.25. The van der Waals surface area contributed by atoms with Crippen molar-refractivity contribution in [2.75, 3.05) is 33.4 Å². The van der Waals surface area contributed by atoms with Crippen LogP contribution in [0.1, 0.15) is 42.7 Å². The summed E-state index contributed by atoms with van der Waals surface area (Å²) in [6, 6.07) is 7.67. The first-order chi connectivity index (χ1) is 14.1. The van der Waals surface area contributed by atoms with Crippen LogP contribution in [0.4, 0.5) is 0 Å². The van der Waals surface area contributed by atoms with E-state index in [1.54, 1.807) is 16.9 Å². The Bertz CT molecular complexity index is 820. The Labute approximate surface area is 171 Å². The number of benzene rings is 1. The van der Waals surface area contributed by atoms with Gasteiger partial charge in [0.1, 0.15) is 6.61 Å². The average molecular weight is 396 g/mol. The van der Waals surface area contributed by atoms with Crippen molar-refractivity contribution in [3.8, 4) is 11.8 Å². The summed E-state index contributed by atoms with van der Waals surface area (Å²) in [5, 5.41) is 9.91. The standard InChI is InChI=1S/C23H28N2O4/c1-29-12-4-5-16-8-10-17(11-9-16)22-19-13-24(23(28)18-6-2-3-7-18)14-21(27)25(19)20(22)15-26/h8-11,18-20,22,26H,2-3,6-7,12-15H2,1H3/t19-,20+,22+/m0/s1. The fourth-order valence-electron chi connectivity index (χ4n) is 5.10. The number of hydrogen-bond donors (Lipinski definition) is 1. The van der Waals surface area contributed by atoms with Crippen LogP contribution in [0.5, 0.6) is 0 Å². The highest BCUT2D eigenvalue weighted by molar-refractivity contribution is 5.88. The van der Waals surface area contributed by atoms with Crippen LogP contribution in [0, 0.1) is 17.8 Å². The fraction of sp³-hybridized carbons (Fsp3) is 0.565. The van der Waals surface area contributed by atoms with Gasteiger partial charge in [-0.1, -0.05) is 36.8 Å². The van der Waals surface area contributed by atoms with Crippen molar-refractivity contribution in [2.24, 2.45) is 5.92 Å². The minimum atomic E-state index is -0.221. The van der Waals surface area contributed by atoms with E-state index in [1.165, 1.54) is 0 Å². The lowest BCUT2D eigenvalue weighted by Gasteiger charge is -2.59. The van der Waals surface area contributed by atoms with E-state index < -0.39 is 0 Å². The monoisotopic (exact) mass is 396 g/mol. The zero-order valence-electron chi connectivity index (χ0n) is 16.8. The maximum atomic E-state index is 12.9. The largest absolute Gasteiger partial charge is 0.394 e. The van der Waals surface area contributed by atoms with E-state index in [-0.39, 0.29) is 48.9 Å². The first-order valence-corrected chi connectivity index (χ1v) is 10.4. The topological polar surface area (TPSA) is 70.1 Å². The van der Waals surface area contributed by atoms with Crippen molar-refractivity contribution in [3.05, 3.63) is 35.4 Å². The summed E-state index contributed by atoms with van der Waals surface area (Å²) in [7, 11) is 1.61. The van der Waals surface area contributed by atoms with Crippen LogP contribution in [0.3, 0.4) is 0 Å². The number of amides is 2. The number of carbonyl (C=O) groups excluding carboxylic acids is 2. The van der Waals surface area contributed by atoms with Gasteiger partial charge in [0.2, 0.25) is 11.8 Å². The molecule has 3 aliphatic rings. The highest BCUT2D eigenvalue weighted by Gasteiger charge is 2.54. The summed E-state index contributed by atoms with van der Waals surface area (Å²) in [6.45, 7) is 1.01. The quantitative estimate of drug-likeness (QED) is 0.781. The van der Waals surface area contributed by atoms with Crippen LogP contribution >= 0.6 is 0 Å². The molecule has 2 aliphatic heterocycles. The molecule has 29 heavy (non-hydrogen) atoms. The molecule has 2 heterocycles. The number of aliphatic hydroxyl groups is 1. The predicted molar refractivity (Wildman–Crippen MR) is 108 cm³/mol. The van der Waals surface area contributed by atoms with E-state index in [2.05, 4.69) is 11.8 Å². The molecule has 3 atom stereocenters. The van der Waals surface area contributed by atoms with E-state index >= 15 is 0 Å². The second-order valence-corrected chi connectivity index (χ2v) is 8.20. The first-order valence-electron chi connectivity index (χ1n) is 10.4. The molecule has 154 valence electrons. The molecule has 6 nitrogen and oxygen atoms in total. The summed E-state index contributed by atoms with van der Waals surface area (Å²) in [4.78, 5) is 29.1. The molecule has 2 saturated heterocycles. The second kappa shape index (κ2) is 8.56. The van der Waals surface area contributed by atoms with E-state index in [4.69, 9.17) is 4.74 Å². The SMILES string of the molecule is COCC#Cc1ccc([C@H]2[C@@H](CO)N3C(=O)CN(C(=O)C4CCCC4)C[C@@H]23)cc1. The number of hydrogen-bond acceptors (Lipinski definition) is 4. The van der Waals surface area contributed by atoms with Crippen molar-refractivity contribution in [2.45, 2.75) is 43.7 Å². The van der Waals surface area contributed by atoms with Gasteiger partial charge in [-0.05, 0) is 30.5 Å². The lowest BCUT2D eigenvalue weighted by Crippen LogP contribution is -2.73. The number of fused-ring (bicyclic) bond motifs is 1. The molecule has 6 heteroatoms. The fourth-order valence-corrected chi connectivity index (χ4v) is 5.10. The number of aliphatic hydroxyl groups excluding tert-OH is 1. The molecule has 1 N–H and O–H groups in total. The smallest absolute Gasteiger partial charge is 0.242 e. The van der Waals surface area contributed by atoms with Crippen LogP contribution in [-0.2, 0) is 14.3 Å². The maximum Gasteiger partial charge on any atom is 0.242 e. The molecule has 4 rings (SSSR count). The van der Waals surface area contributed by atoms with E-state index in [0.717, 1.165) is 36.8 Å². The van der Waals surface area contributed by atoms with Gasteiger partial charge < -0.3 is 19.6 Å². The third-order valence-corrected chi connectivity index (χ3v) is 6.51. The lowest BCUT2D eigenvalue weighted by molar-refractivity contribution is -0.168. The van der Waals surface area contributed by atoms with E-state index in [1.807, 2.05) is 24.3 Å². The lowest BCUT2D eigenvalue weighted by atomic mass is 9.73. The molecule has 0 aromatic heterocycles. The number of piperazine rings is 1. The van der Waals surface area contributed by atoms with Crippen LogP contribution in [-0.4, -0.2) is 72.2 Å². The number of carbonyl (C=O) groups is 2. The van der Waals surface area contributed by atoms with Crippen LogP contribution in [0.15, 0.2) is 24.3 Å². The molecule has 1 aromatic rings. The summed E-state index contributed by atoms with van der Waals surface area (Å²) >= 11 is 0. The normalized spacial score (nSPS) is 26.6. The van der Waals surface area contributed by atoms with Gasteiger partial charge >= 0.3 is 0 Å². The Morgan fingerprint density at radius 3 is 2.62 bits per heavy atom. The van der Waals surface area contributed by atoms with Gasteiger partial charge in [0.15, 0.2) is 0 Å². The number of methoxy groups -OCH3 is 1. The zero-order valence-corrected chi connectivity index (χ0v) is 16.8. The Morgan fingerprint density at radius 1 is 1.24 bits per heavy atom. The van der Waals surface area contributed by atoms with Gasteiger partial charge in [-0.25, -0.2) is 0 Å². The summed E-state index contributed by atoms with van der Waals surface area (Å²) in [5.74, 6) is 6.17. The van der Waals surface area contributed by atoms with Gasteiger partial charge in [0.05, 0.1) is 25.2 Å².